The van der Waals surface area contributed by atoms with Crippen LogP contribution in [0, 0.1) is 17.8 Å². The van der Waals surface area contributed by atoms with Crippen molar-refractivity contribution in [3.05, 3.63) is 5.92 Å². The highest BCUT2D eigenvalue weighted by Gasteiger charge is 2.35. The first-order chi connectivity index (χ1) is 4.38. The van der Waals surface area contributed by atoms with Crippen LogP contribution in [-0.2, 0) is 0 Å². The van der Waals surface area contributed by atoms with Gasteiger partial charge in [-0.1, -0.05) is 13.3 Å². The molecule has 1 radical (unpaired) electrons. The van der Waals surface area contributed by atoms with Gasteiger partial charge in [0.05, 0.1) is 0 Å². The highest BCUT2D eigenvalue weighted by molar-refractivity contribution is 5.06. The van der Waals surface area contributed by atoms with Gasteiger partial charge in [0.25, 0.3) is 0 Å². The molecule has 0 aromatic heterocycles. The van der Waals surface area contributed by atoms with Crippen LogP contribution in [0.2, 0.25) is 0 Å². The molecule has 0 bridgehead atoms. The maximum absolute atomic E-state index is 2.38. The van der Waals surface area contributed by atoms with Gasteiger partial charge in [-0.15, -0.1) is 0 Å². The molecule has 0 saturated heterocycles. The predicted octanol–water partition coefficient (Wildman–Crippen LogP) is 2.79. The molecule has 0 spiro atoms. The van der Waals surface area contributed by atoms with Gasteiger partial charge in [-0.2, -0.15) is 0 Å². The van der Waals surface area contributed by atoms with E-state index in [1.54, 1.807) is 0 Å². The van der Waals surface area contributed by atoms with Crippen molar-refractivity contribution >= 4 is 0 Å². The molecule has 0 heteroatoms. The van der Waals surface area contributed by atoms with E-state index in [-0.39, 0.29) is 0 Å². The van der Waals surface area contributed by atoms with Crippen molar-refractivity contribution in [3.8, 4) is 0 Å². The molecule has 0 amide bonds. The number of hydrogen-bond donors (Lipinski definition) is 0. The monoisotopic (exact) mass is 123 g/mol. The van der Waals surface area contributed by atoms with Crippen LogP contribution in [0.1, 0.15) is 39.0 Å². The van der Waals surface area contributed by atoms with Crippen LogP contribution >= 0.6 is 0 Å². The smallest absolute Gasteiger partial charge is 0.0210 e. The lowest BCUT2D eigenvalue weighted by Gasteiger charge is -2.30. The zero-order chi connectivity index (χ0) is 6.27. The van der Waals surface area contributed by atoms with Gasteiger partial charge in [0.15, 0.2) is 0 Å². The van der Waals surface area contributed by atoms with Gasteiger partial charge in [0.2, 0.25) is 0 Å². The second-order valence-corrected chi connectivity index (χ2v) is 3.65. The lowest BCUT2D eigenvalue weighted by Crippen LogP contribution is -2.19. The van der Waals surface area contributed by atoms with Gasteiger partial charge in [0.1, 0.15) is 0 Å². The maximum Gasteiger partial charge on any atom is -0.0210 e. The molecule has 2 rings (SSSR count). The van der Waals surface area contributed by atoms with E-state index < -0.39 is 0 Å². The van der Waals surface area contributed by atoms with Gasteiger partial charge in [-0.3, -0.25) is 0 Å². The number of rotatable bonds is 2. The predicted molar refractivity (Wildman–Crippen MR) is 39.0 cm³/mol. The summed E-state index contributed by atoms with van der Waals surface area (Å²) in [6, 6.07) is 0. The van der Waals surface area contributed by atoms with Crippen molar-refractivity contribution in [2.75, 3.05) is 0 Å². The van der Waals surface area contributed by atoms with Gasteiger partial charge in [-0.05, 0) is 43.4 Å². The van der Waals surface area contributed by atoms with Gasteiger partial charge in [0, 0.05) is 0 Å². The Morgan fingerprint density at radius 1 is 1.00 bits per heavy atom. The quantitative estimate of drug-likeness (QED) is 0.529. The van der Waals surface area contributed by atoms with Crippen molar-refractivity contribution in [3.63, 3.8) is 0 Å². The van der Waals surface area contributed by atoms with Crippen molar-refractivity contribution in [2.24, 2.45) is 11.8 Å². The summed E-state index contributed by atoms with van der Waals surface area (Å²) >= 11 is 0. The molecular formula is C9H15. The Kier molecular flexibility index (Phi) is 1.28. The average molecular weight is 123 g/mol. The maximum atomic E-state index is 2.38. The third kappa shape index (κ3) is 0.997. The van der Waals surface area contributed by atoms with E-state index in [0.717, 1.165) is 11.8 Å². The zero-order valence-electron chi connectivity index (χ0n) is 6.19. The average Bonchev–Trinajstić information content (AvgIpc) is 2.37. The van der Waals surface area contributed by atoms with Crippen LogP contribution < -0.4 is 0 Å². The zero-order valence-corrected chi connectivity index (χ0v) is 6.19. The summed E-state index contributed by atoms with van der Waals surface area (Å²) in [5.74, 6) is 3.95. The standard InChI is InChI=1S/C9H15/c1-7(9-5-6-9)8-3-2-4-8/h8-9H,2-6H2,1H3. The fourth-order valence-corrected chi connectivity index (χ4v) is 1.74. The summed E-state index contributed by atoms with van der Waals surface area (Å²) < 4.78 is 0. The van der Waals surface area contributed by atoms with E-state index >= 15 is 0 Å². The fourth-order valence-electron chi connectivity index (χ4n) is 1.74. The molecule has 0 nitrogen and oxygen atoms in total. The van der Waals surface area contributed by atoms with E-state index in [0.29, 0.717) is 0 Å². The summed E-state index contributed by atoms with van der Waals surface area (Å²) in [5, 5.41) is 0. The topological polar surface area (TPSA) is 0 Å². The molecule has 9 heavy (non-hydrogen) atoms. The van der Waals surface area contributed by atoms with E-state index in [1.807, 2.05) is 5.92 Å². The fraction of sp³-hybridized carbons (Fsp3) is 0.889. The Balaban J connectivity index is 1.81. The molecule has 2 aliphatic rings. The second-order valence-electron chi connectivity index (χ2n) is 3.65. The molecule has 51 valence electrons. The molecule has 0 aromatic rings. The number of hydrogen-bond acceptors (Lipinski definition) is 0. The van der Waals surface area contributed by atoms with Crippen LogP contribution in [0.4, 0.5) is 0 Å². The largest absolute Gasteiger partial charge is 0.0586 e. The first kappa shape index (κ1) is 5.76. The van der Waals surface area contributed by atoms with E-state index in [4.69, 9.17) is 0 Å². The van der Waals surface area contributed by atoms with Crippen molar-refractivity contribution < 1.29 is 0 Å². The van der Waals surface area contributed by atoms with E-state index in [1.165, 1.54) is 32.1 Å². The van der Waals surface area contributed by atoms with Crippen LogP contribution in [0.5, 0.6) is 0 Å². The Bertz CT molecular complexity index is 98.6. The summed E-state index contributed by atoms with van der Waals surface area (Å²) in [5.41, 5.74) is 0. The Hall–Kier alpha value is 0. The molecular weight excluding hydrogens is 108 g/mol. The molecule has 0 aromatic carbocycles. The summed E-state index contributed by atoms with van der Waals surface area (Å²) in [7, 11) is 0. The van der Waals surface area contributed by atoms with Crippen LogP contribution in [0.25, 0.3) is 0 Å². The lowest BCUT2D eigenvalue weighted by atomic mass is 9.75. The van der Waals surface area contributed by atoms with Crippen molar-refractivity contribution in [1.29, 1.82) is 0 Å². The molecule has 2 saturated carbocycles. The third-order valence-electron chi connectivity index (χ3n) is 2.97. The second kappa shape index (κ2) is 2.00. The first-order valence-corrected chi connectivity index (χ1v) is 4.21. The Morgan fingerprint density at radius 2 is 1.56 bits per heavy atom. The third-order valence-corrected chi connectivity index (χ3v) is 2.97. The highest BCUT2D eigenvalue weighted by Crippen LogP contribution is 2.47. The Morgan fingerprint density at radius 3 is 1.89 bits per heavy atom. The van der Waals surface area contributed by atoms with Crippen molar-refractivity contribution in [1.82, 2.24) is 0 Å². The minimum atomic E-state index is 1.05. The molecule has 0 aliphatic heterocycles. The van der Waals surface area contributed by atoms with Gasteiger partial charge >= 0.3 is 0 Å². The summed E-state index contributed by atoms with van der Waals surface area (Å²) in [4.78, 5) is 0. The van der Waals surface area contributed by atoms with E-state index in [2.05, 4.69) is 6.92 Å². The molecule has 0 N–H and O–H groups in total. The minimum absolute atomic E-state index is 1.05. The minimum Gasteiger partial charge on any atom is -0.0586 e. The first-order valence-electron chi connectivity index (χ1n) is 4.21. The Labute approximate surface area is 57.6 Å². The molecule has 2 aliphatic carbocycles. The van der Waals surface area contributed by atoms with Crippen LogP contribution in [-0.4, -0.2) is 0 Å². The van der Waals surface area contributed by atoms with Crippen LogP contribution in [0.15, 0.2) is 0 Å². The molecule has 0 heterocycles. The SMILES string of the molecule is C[C](C1CCC1)C1CC1. The molecule has 0 atom stereocenters. The van der Waals surface area contributed by atoms with Gasteiger partial charge in [-0.25, -0.2) is 0 Å². The van der Waals surface area contributed by atoms with Crippen molar-refractivity contribution in [2.45, 2.75) is 39.0 Å². The van der Waals surface area contributed by atoms with Gasteiger partial charge < -0.3 is 0 Å². The lowest BCUT2D eigenvalue weighted by molar-refractivity contribution is 0.314. The summed E-state index contributed by atoms with van der Waals surface area (Å²) in [6.07, 6.45) is 7.50. The molecule has 2 fully saturated rings. The van der Waals surface area contributed by atoms with E-state index in [9.17, 15) is 0 Å². The normalized spacial score (nSPS) is 28.7. The summed E-state index contributed by atoms with van der Waals surface area (Å²) in [6.45, 7) is 2.38. The van der Waals surface area contributed by atoms with Crippen LogP contribution in [0.3, 0.4) is 0 Å². The highest BCUT2D eigenvalue weighted by atomic mass is 14.4. The molecule has 0 unspecified atom stereocenters.